The number of piperazine rings is 1. The molecule has 0 bridgehead atoms. The molecule has 1 heterocycles. The summed E-state index contributed by atoms with van der Waals surface area (Å²) in [6, 6.07) is 0. The molecule has 1 fully saturated rings. The zero-order chi connectivity index (χ0) is 9.90. The van der Waals surface area contributed by atoms with E-state index in [2.05, 4.69) is 5.32 Å². The standard InChI is InChI=1S/C9H18N2O2/c1-9(2,3)13-8(12)11-6-4-10-5-7-11/h10H,4-7H2,1-3H3/i4+1,5+1,6+1,7+1. The Labute approximate surface area is 79.2 Å². The van der Waals surface area contributed by atoms with E-state index in [9.17, 15) is 4.79 Å². The number of hydrogen-bond donors (Lipinski definition) is 1. The van der Waals surface area contributed by atoms with Gasteiger partial charge in [0.25, 0.3) is 0 Å². The van der Waals surface area contributed by atoms with Crippen LogP contribution >= 0.6 is 0 Å². The van der Waals surface area contributed by atoms with Crippen molar-refractivity contribution in [3.05, 3.63) is 0 Å². The molecule has 0 aromatic carbocycles. The lowest BCUT2D eigenvalue weighted by Gasteiger charge is -2.30. The third-order valence-electron chi connectivity index (χ3n) is 1.77. The zero-order valence-electron chi connectivity index (χ0n) is 8.59. The van der Waals surface area contributed by atoms with E-state index < -0.39 is 0 Å². The molecule has 1 aliphatic rings. The average molecular weight is 190 g/mol. The van der Waals surface area contributed by atoms with Gasteiger partial charge in [-0.15, -0.1) is 0 Å². The Morgan fingerprint density at radius 3 is 2.31 bits per heavy atom. The minimum Gasteiger partial charge on any atom is -0.444 e. The average Bonchev–Trinajstić information content (AvgIpc) is 2.03. The van der Waals surface area contributed by atoms with E-state index in [1.165, 1.54) is 0 Å². The number of hydrogen-bond acceptors (Lipinski definition) is 3. The third-order valence-corrected chi connectivity index (χ3v) is 1.77. The van der Waals surface area contributed by atoms with Gasteiger partial charge in [0.05, 0.1) is 0 Å². The van der Waals surface area contributed by atoms with Crippen LogP contribution in [0.3, 0.4) is 0 Å². The lowest BCUT2D eigenvalue weighted by atomic mass is 10.2. The number of ether oxygens (including phenoxy) is 1. The summed E-state index contributed by atoms with van der Waals surface area (Å²) in [6.45, 7) is 8.86. The Morgan fingerprint density at radius 1 is 1.31 bits per heavy atom. The van der Waals surface area contributed by atoms with Gasteiger partial charge in [-0.05, 0) is 20.8 Å². The van der Waals surface area contributed by atoms with Gasteiger partial charge in [-0.1, -0.05) is 0 Å². The molecule has 1 N–H and O–H groups in total. The maximum absolute atomic E-state index is 11.5. The highest BCUT2D eigenvalue weighted by Crippen LogP contribution is 2.09. The summed E-state index contributed by atoms with van der Waals surface area (Å²) in [5.74, 6) is 0. The Kier molecular flexibility index (Phi) is 3.14. The van der Waals surface area contributed by atoms with Gasteiger partial charge in [0.15, 0.2) is 0 Å². The first kappa shape index (κ1) is 10.3. The molecule has 1 aliphatic heterocycles. The Morgan fingerprint density at radius 2 is 1.85 bits per heavy atom. The van der Waals surface area contributed by atoms with E-state index in [1.807, 2.05) is 20.8 Å². The van der Waals surface area contributed by atoms with E-state index in [0.717, 1.165) is 26.2 Å². The van der Waals surface area contributed by atoms with Crippen molar-refractivity contribution < 1.29 is 9.53 Å². The quantitative estimate of drug-likeness (QED) is 0.575. The van der Waals surface area contributed by atoms with Crippen LogP contribution in [0.4, 0.5) is 4.79 Å². The summed E-state index contributed by atoms with van der Waals surface area (Å²) in [7, 11) is 0. The highest BCUT2D eigenvalue weighted by molar-refractivity contribution is 5.68. The van der Waals surface area contributed by atoms with E-state index >= 15 is 0 Å². The Balaban J connectivity index is 2.38. The van der Waals surface area contributed by atoms with Crippen LogP contribution in [0.1, 0.15) is 20.8 Å². The first-order chi connectivity index (χ1) is 5.99. The number of rotatable bonds is 0. The maximum atomic E-state index is 11.5. The maximum Gasteiger partial charge on any atom is 0.410 e. The summed E-state index contributed by atoms with van der Waals surface area (Å²) in [4.78, 5) is 13.2. The van der Waals surface area contributed by atoms with Crippen molar-refractivity contribution in [2.75, 3.05) is 26.2 Å². The number of carbonyl (C=O) groups is 1. The van der Waals surface area contributed by atoms with Crippen LogP contribution in [0.15, 0.2) is 0 Å². The monoisotopic (exact) mass is 190 g/mol. The molecule has 76 valence electrons. The highest BCUT2D eigenvalue weighted by atomic mass is 16.6. The minimum absolute atomic E-state index is 0.200. The predicted molar refractivity (Wildman–Crippen MR) is 50.7 cm³/mol. The summed E-state index contributed by atoms with van der Waals surface area (Å²) < 4.78 is 5.24. The lowest BCUT2D eigenvalue weighted by Crippen LogP contribution is -2.48. The predicted octanol–water partition coefficient (Wildman–Crippen LogP) is 0.827. The smallest absolute Gasteiger partial charge is 0.410 e. The lowest BCUT2D eigenvalue weighted by molar-refractivity contribution is 0.0229. The molecule has 1 rings (SSSR count). The van der Waals surface area contributed by atoms with Crippen LogP contribution in [-0.2, 0) is 4.74 Å². The minimum atomic E-state index is -0.387. The molecule has 0 atom stereocenters. The highest BCUT2D eigenvalue weighted by Gasteiger charge is 2.22. The van der Waals surface area contributed by atoms with Crippen molar-refractivity contribution in [2.45, 2.75) is 26.4 Å². The van der Waals surface area contributed by atoms with Crippen molar-refractivity contribution in [1.29, 1.82) is 0 Å². The number of nitrogens with one attached hydrogen (secondary N) is 1. The summed E-state index contributed by atoms with van der Waals surface area (Å²) in [5, 5.41) is 3.18. The fraction of sp³-hybridized carbons (Fsp3) is 0.889. The van der Waals surface area contributed by atoms with Gasteiger partial charge < -0.3 is 15.0 Å². The second-order valence-corrected chi connectivity index (χ2v) is 4.22. The summed E-state index contributed by atoms with van der Waals surface area (Å²) >= 11 is 0. The molecular weight excluding hydrogens is 172 g/mol. The third kappa shape index (κ3) is 3.63. The molecule has 0 aliphatic carbocycles. The van der Waals surface area contributed by atoms with E-state index in [4.69, 9.17) is 4.74 Å². The fourth-order valence-electron chi connectivity index (χ4n) is 1.17. The summed E-state index contributed by atoms with van der Waals surface area (Å²) in [5.41, 5.74) is -0.387. The van der Waals surface area contributed by atoms with Crippen molar-refractivity contribution in [3.63, 3.8) is 0 Å². The van der Waals surface area contributed by atoms with Crippen LogP contribution in [0.25, 0.3) is 0 Å². The molecule has 4 heteroatoms. The molecule has 13 heavy (non-hydrogen) atoms. The second-order valence-electron chi connectivity index (χ2n) is 4.22. The SMILES string of the molecule is CC(C)(C)OC(=O)N1[13CH2][13CH2]N[13CH2][13CH2]1. The van der Waals surface area contributed by atoms with Crippen LogP contribution in [0.5, 0.6) is 0 Å². The Hall–Kier alpha value is -0.770. The van der Waals surface area contributed by atoms with Crippen molar-refractivity contribution in [1.82, 2.24) is 10.2 Å². The van der Waals surface area contributed by atoms with Crippen LogP contribution in [0.2, 0.25) is 0 Å². The van der Waals surface area contributed by atoms with Gasteiger partial charge in [0.1, 0.15) is 5.60 Å². The molecule has 0 saturated carbocycles. The molecule has 1 saturated heterocycles. The first-order valence-corrected chi connectivity index (χ1v) is 4.68. The molecule has 0 radical (unpaired) electrons. The molecule has 0 aromatic heterocycles. The number of amides is 1. The molecule has 0 unspecified atom stereocenters. The normalized spacial score (nSPS) is 18.5. The molecule has 1 amide bonds. The van der Waals surface area contributed by atoms with Gasteiger partial charge in [-0.25, -0.2) is 4.79 Å². The van der Waals surface area contributed by atoms with Gasteiger partial charge >= 0.3 is 6.09 Å². The van der Waals surface area contributed by atoms with Crippen LogP contribution < -0.4 is 5.32 Å². The van der Waals surface area contributed by atoms with Gasteiger partial charge in [0.2, 0.25) is 0 Å². The van der Waals surface area contributed by atoms with E-state index in [0.29, 0.717) is 0 Å². The van der Waals surface area contributed by atoms with Crippen LogP contribution in [0, 0.1) is 0 Å². The van der Waals surface area contributed by atoms with E-state index in [1.54, 1.807) is 4.90 Å². The van der Waals surface area contributed by atoms with E-state index in [-0.39, 0.29) is 11.7 Å². The van der Waals surface area contributed by atoms with Crippen LogP contribution in [-0.4, -0.2) is 42.8 Å². The molecule has 0 spiro atoms. The molecule has 4 nitrogen and oxygen atoms in total. The van der Waals surface area contributed by atoms with Gasteiger partial charge in [0, 0.05) is 26.2 Å². The topological polar surface area (TPSA) is 41.6 Å². The number of carbonyl (C=O) groups excluding carboxylic acids is 1. The van der Waals surface area contributed by atoms with Crippen molar-refractivity contribution in [3.8, 4) is 0 Å². The number of nitrogens with zero attached hydrogens (tertiary/aromatic N) is 1. The van der Waals surface area contributed by atoms with Gasteiger partial charge in [-0.2, -0.15) is 0 Å². The fourth-order valence-corrected chi connectivity index (χ4v) is 1.17. The first-order valence-electron chi connectivity index (χ1n) is 4.68. The zero-order valence-corrected chi connectivity index (χ0v) is 8.59. The van der Waals surface area contributed by atoms with Crippen molar-refractivity contribution >= 4 is 6.09 Å². The molecular formula is C9H18N2O2. The largest absolute Gasteiger partial charge is 0.444 e. The summed E-state index contributed by atoms with van der Waals surface area (Å²) in [6.07, 6.45) is -0.200. The second kappa shape index (κ2) is 3.96. The Bertz CT molecular complexity index is 181. The molecule has 0 aromatic rings. The van der Waals surface area contributed by atoms with Crippen molar-refractivity contribution in [2.24, 2.45) is 0 Å². The van der Waals surface area contributed by atoms with Gasteiger partial charge in [-0.3, -0.25) is 0 Å².